The number of carbonyl (C=O) groups excluding carboxylic acids is 2. The zero-order valence-corrected chi connectivity index (χ0v) is 16.9. The first-order valence-corrected chi connectivity index (χ1v) is 10.9. The Balaban J connectivity index is 1.16. The van der Waals surface area contributed by atoms with Gasteiger partial charge in [0.1, 0.15) is 5.41 Å². The third-order valence-corrected chi connectivity index (χ3v) is 6.71. The summed E-state index contributed by atoms with van der Waals surface area (Å²) in [7, 11) is 0. The number of piperidine rings is 1. The van der Waals surface area contributed by atoms with Crippen molar-refractivity contribution in [2.45, 2.75) is 38.6 Å². The summed E-state index contributed by atoms with van der Waals surface area (Å²) in [6.45, 7) is 5.79. The topological polar surface area (TPSA) is 62.3 Å². The Hall–Kier alpha value is -2.28. The Bertz CT molecular complexity index is 793. The highest BCUT2D eigenvalue weighted by atomic mass is 16.7. The molecule has 2 amide bonds. The van der Waals surface area contributed by atoms with Crippen LogP contribution in [0.25, 0.3) is 0 Å². The average Bonchev–Trinajstić information content (AvgIpc) is 3.45. The van der Waals surface area contributed by atoms with E-state index in [1.165, 1.54) is 12.0 Å². The molecule has 0 atom stereocenters. The van der Waals surface area contributed by atoms with Gasteiger partial charge in [-0.1, -0.05) is 6.07 Å². The fraction of sp³-hybridized carbons (Fsp3) is 0.636. The molecule has 3 aliphatic heterocycles. The van der Waals surface area contributed by atoms with Gasteiger partial charge in [-0.2, -0.15) is 0 Å². The molecular weight excluding hydrogens is 370 g/mol. The van der Waals surface area contributed by atoms with Crippen molar-refractivity contribution in [2.75, 3.05) is 46.1 Å². The van der Waals surface area contributed by atoms with E-state index in [1.54, 1.807) is 0 Å². The van der Waals surface area contributed by atoms with Crippen LogP contribution in [0.1, 0.15) is 37.7 Å². The van der Waals surface area contributed by atoms with Gasteiger partial charge in [0.15, 0.2) is 11.5 Å². The number of ether oxygens (including phenoxy) is 2. The Morgan fingerprint density at radius 1 is 0.828 bits per heavy atom. The molecule has 7 nitrogen and oxygen atoms in total. The number of rotatable bonds is 4. The molecule has 5 rings (SSSR count). The number of amides is 2. The number of likely N-dealkylation sites (tertiary alicyclic amines) is 1. The molecule has 156 valence electrons. The van der Waals surface area contributed by atoms with E-state index in [0.29, 0.717) is 13.1 Å². The van der Waals surface area contributed by atoms with E-state index < -0.39 is 5.41 Å². The molecular formula is C22H29N3O4. The molecule has 7 heteroatoms. The second kappa shape index (κ2) is 7.52. The van der Waals surface area contributed by atoms with Gasteiger partial charge in [-0.3, -0.25) is 14.5 Å². The largest absolute Gasteiger partial charge is 0.454 e. The van der Waals surface area contributed by atoms with Crippen LogP contribution in [0.5, 0.6) is 11.5 Å². The molecule has 29 heavy (non-hydrogen) atoms. The quantitative estimate of drug-likeness (QED) is 0.723. The number of benzene rings is 1. The summed E-state index contributed by atoms with van der Waals surface area (Å²) >= 11 is 0. The number of hydrogen-bond donors (Lipinski definition) is 0. The molecule has 3 heterocycles. The van der Waals surface area contributed by atoms with Crippen LogP contribution in [0.3, 0.4) is 0 Å². The zero-order valence-electron chi connectivity index (χ0n) is 16.9. The normalized spacial score (nSPS) is 23.2. The van der Waals surface area contributed by atoms with Crippen molar-refractivity contribution in [1.29, 1.82) is 0 Å². The number of piperazine rings is 1. The van der Waals surface area contributed by atoms with Crippen LogP contribution in [0.2, 0.25) is 0 Å². The molecule has 0 bridgehead atoms. The lowest BCUT2D eigenvalue weighted by atomic mass is 10.00. The summed E-state index contributed by atoms with van der Waals surface area (Å²) in [5.41, 5.74) is 0.449. The maximum atomic E-state index is 13.2. The van der Waals surface area contributed by atoms with Crippen molar-refractivity contribution in [1.82, 2.24) is 14.7 Å². The second-order valence-corrected chi connectivity index (χ2v) is 8.69. The van der Waals surface area contributed by atoms with Gasteiger partial charge in [-0.15, -0.1) is 0 Å². The van der Waals surface area contributed by atoms with Crippen LogP contribution in [0, 0.1) is 5.41 Å². The van der Waals surface area contributed by atoms with E-state index in [1.807, 2.05) is 21.9 Å². The van der Waals surface area contributed by atoms with Gasteiger partial charge in [0.25, 0.3) is 0 Å². The first-order chi connectivity index (χ1) is 14.2. The monoisotopic (exact) mass is 399 g/mol. The van der Waals surface area contributed by atoms with E-state index in [9.17, 15) is 9.59 Å². The van der Waals surface area contributed by atoms with E-state index in [-0.39, 0.29) is 18.6 Å². The third kappa shape index (κ3) is 3.56. The average molecular weight is 399 g/mol. The molecule has 0 spiro atoms. The maximum absolute atomic E-state index is 13.2. The van der Waals surface area contributed by atoms with Gasteiger partial charge >= 0.3 is 0 Å². The molecule has 0 unspecified atom stereocenters. The molecule has 1 saturated carbocycles. The van der Waals surface area contributed by atoms with Crippen LogP contribution in [0.4, 0.5) is 0 Å². The lowest BCUT2D eigenvalue weighted by Crippen LogP contribution is -2.53. The highest BCUT2D eigenvalue weighted by molar-refractivity contribution is 6.07. The summed E-state index contributed by atoms with van der Waals surface area (Å²) in [4.78, 5) is 32.4. The number of hydrogen-bond acceptors (Lipinski definition) is 5. The Morgan fingerprint density at radius 2 is 1.48 bits per heavy atom. The lowest BCUT2D eigenvalue weighted by Gasteiger charge is -2.37. The third-order valence-electron chi connectivity index (χ3n) is 6.71. The lowest BCUT2D eigenvalue weighted by molar-refractivity contribution is -0.151. The van der Waals surface area contributed by atoms with E-state index in [4.69, 9.17) is 9.47 Å². The minimum absolute atomic E-state index is 0.0656. The molecule has 1 aliphatic carbocycles. The van der Waals surface area contributed by atoms with Gasteiger partial charge in [0.05, 0.1) is 0 Å². The SMILES string of the molecule is O=C(N1CCCCC1)C1(C(=O)N2CCN(Cc3ccc4c(c3)OCO4)CC2)CC1. The summed E-state index contributed by atoms with van der Waals surface area (Å²) in [5, 5.41) is 0. The van der Waals surface area contributed by atoms with Gasteiger partial charge in [-0.05, 0) is 49.8 Å². The summed E-state index contributed by atoms with van der Waals surface area (Å²) in [6.07, 6.45) is 4.76. The Kier molecular flexibility index (Phi) is 4.86. The Labute approximate surface area is 171 Å². The standard InChI is InChI=1S/C22H29N3O4/c26-20(24-8-2-1-3-9-24)22(6-7-22)21(27)25-12-10-23(11-13-25)15-17-4-5-18-19(14-17)29-16-28-18/h4-5,14H,1-3,6-13,15-16H2. The predicted molar refractivity (Wildman–Crippen MR) is 107 cm³/mol. The van der Waals surface area contributed by atoms with Crippen molar-refractivity contribution in [3.8, 4) is 11.5 Å². The molecule has 0 aromatic heterocycles. The van der Waals surface area contributed by atoms with Crippen LogP contribution in [-0.2, 0) is 16.1 Å². The van der Waals surface area contributed by atoms with Crippen molar-refractivity contribution in [3.63, 3.8) is 0 Å². The van der Waals surface area contributed by atoms with Crippen molar-refractivity contribution < 1.29 is 19.1 Å². The fourth-order valence-electron chi connectivity index (χ4n) is 4.75. The highest BCUT2D eigenvalue weighted by Gasteiger charge is 2.59. The minimum atomic E-state index is -0.739. The molecule has 0 N–H and O–H groups in total. The smallest absolute Gasteiger partial charge is 0.238 e. The van der Waals surface area contributed by atoms with Crippen molar-refractivity contribution in [2.24, 2.45) is 5.41 Å². The number of nitrogens with zero attached hydrogens (tertiary/aromatic N) is 3. The first-order valence-electron chi connectivity index (χ1n) is 10.9. The van der Waals surface area contributed by atoms with E-state index in [2.05, 4.69) is 11.0 Å². The zero-order chi connectivity index (χ0) is 19.8. The first kappa shape index (κ1) is 18.7. The summed E-state index contributed by atoms with van der Waals surface area (Å²) < 4.78 is 10.8. The van der Waals surface area contributed by atoms with Crippen LogP contribution < -0.4 is 9.47 Å². The Morgan fingerprint density at radius 3 is 2.17 bits per heavy atom. The van der Waals surface area contributed by atoms with E-state index >= 15 is 0 Å². The fourth-order valence-corrected chi connectivity index (χ4v) is 4.75. The van der Waals surface area contributed by atoms with Gasteiger partial charge in [0.2, 0.25) is 18.6 Å². The predicted octanol–water partition coefficient (Wildman–Crippen LogP) is 1.85. The van der Waals surface area contributed by atoms with Crippen LogP contribution in [0.15, 0.2) is 18.2 Å². The van der Waals surface area contributed by atoms with Gasteiger partial charge in [-0.25, -0.2) is 0 Å². The number of carbonyl (C=O) groups is 2. The molecule has 1 aromatic rings. The molecule has 3 fully saturated rings. The van der Waals surface area contributed by atoms with Gasteiger partial charge < -0.3 is 19.3 Å². The molecule has 1 aromatic carbocycles. The van der Waals surface area contributed by atoms with Crippen molar-refractivity contribution in [3.05, 3.63) is 23.8 Å². The highest BCUT2D eigenvalue weighted by Crippen LogP contribution is 2.49. The summed E-state index contributed by atoms with van der Waals surface area (Å²) in [5.74, 6) is 1.77. The number of fused-ring (bicyclic) bond motifs is 1. The maximum Gasteiger partial charge on any atom is 0.238 e. The summed E-state index contributed by atoms with van der Waals surface area (Å²) in [6, 6.07) is 6.07. The molecule has 2 saturated heterocycles. The van der Waals surface area contributed by atoms with Crippen molar-refractivity contribution >= 4 is 11.8 Å². The molecule has 4 aliphatic rings. The van der Waals surface area contributed by atoms with Crippen LogP contribution >= 0.6 is 0 Å². The van der Waals surface area contributed by atoms with Gasteiger partial charge in [0, 0.05) is 45.8 Å². The van der Waals surface area contributed by atoms with E-state index in [0.717, 1.165) is 69.9 Å². The second-order valence-electron chi connectivity index (χ2n) is 8.69. The minimum Gasteiger partial charge on any atom is -0.454 e. The van der Waals surface area contributed by atoms with Crippen LogP contribution in [-0.4, -0.2) is 72.6 Å². The molecule has 0 radical (unpaired) electrons.